The van der Waals surface area contributed by atoms with Gasteiger partial charge in [0.25, 0.3) is 5.91 Å². The first-order valence-corrected chi connectivity index (χ1v) is 10.6. The molecule has 2 heterocycles. The maximum Gasteiger partial charge on any atom is 0.266 e. The number of nitrogens with zero attached hydrogens (tertiary/aromatic N) is 2. The zero-order valence-corrected chi connectivity index (χ0v) is 17.4. The highest BCUT2D eigenvalue weighted by Gasteiger charge is 2.33. The maximum atomic E-state index is 12.7. The molecule has 0 radical (unpaired) electrons. The van der Waals surface area contributed by atoms with Gasteiger partial charge in [-0.15, -0.1) is 0 Å². The molecule has 28 heavy (non-hydrogen) atoms. The van der Waals surface area contributed by atoms with Crippen LogP contribution in [0.15, 0.2) is 53.4 Å². The number of para-hydroxylation sites is 1. The van der Waals surface area contributed by atoms with E-state index in [4.69, 9.17) is 23.8 Å². The van der Waals surface area contributed by atoms with E-state index in [-0.39, 0.29) is 18.4 Å². The number of aromatic nitrogens is 1. The Morgan fingerprint density at radius 2 is 1.96 bits per heavy atom. The van der Waals surface area contributed by atoms with Crippen molar-refractivity contribution in [3.05, 3.63) is 64.0 Å². The maximum absolute atomic E-state index is 12.7. The lowest BCUT2D eigenvalue weighted by Gasteiger charge is -2.13. The SMILES string of the molecule is O=C(CN1C(=O)/C(=C/c2ccccc2Cl)SC1=S)Nc1nc2ccccc2s1. The van der Waals surface area contributed by atoms with Crippen LogP contribution in [0, 0.1) is 0 Å². The molecule has 9 heteroatoms. The van der Waals surface area contributed by atoms with Crippen molar-refractivity contribution in [1.29, 1.82) is 0 Å². The summed E-state index contributed by atoms with van der Waals surface area (Å²) in [7, 11) is 0. The molecule has 0 spiro atoms. The molecule has 0 saturated carbocycles. The molecule has 0 atom stereocenters. The summed E-state index contributed by atoms with van der Waals surface area (Å²) < 4.78 is 1.31. The fourth-order valence-corrected chi connectivity index (χ4v) is 4.92. The number of thiazole rings is 1. The normalized spacial score (nSPS) is 15.6. The summed E-state index contributed by atoms with van der Waals surface area (Å²) in [5.41, 5.74) is 1.54. The highest BCUT2D eigenvalue weighted by Crippen LogP contribution is 2.33. The Labute approximate surface area is 179 Å². The average Bonchev–Trinajstić information content (AvgIpc) is 3.19. The molecule has 1 saturated heterocycles. The third-order valence-electron chi connectivity index (χ3n) is 3.91. The molecule has 2 amide bonds. The molecule has 0 bridgehead atoms. The first-order chi connectivity index (χ1) is 13.5. The number of carbonyl (C=O) groups excluding carboxylic acids is 2. The molecule has 1 aliphatic heterocycles. The number of thioether (sulfide) groups is 1. The lowest BCUT2D eigenvalue weighted by atomic mass is 10.2. The van der Waals surface area contributed by atoms with Gasteiger partial charge in [0.05, 0.1) is 15.1 Å². The van der Waals surface area contributed by atoms with Gasteiger partial charge in [-0.3, -0.25) is 14.5 Å². The number of anilines is 1. The predicted molar refractivity (Wildman–Crippen MR) is 120 cm³/mol. The molecule has 0 aliphatic carbocycles. The Bertz CT molecular complexity index is 1110. The van der Waals surface area contributed by atoms with Crippen LogP contribution in [-0.2, 0) is 9.59 Å². The zero-order chi connectivity index (χ0) is 19.7. The molecule has 1 aliphatic rings. The van der Waals surface area contributed by atoms with Gasteiger partial charge in [-0.25, -0.2) is 4.98 Å². The van der Waals surface area contributed by atoms with Crippen molar-refractivity contribution in [2.75, 3.05) is 11.9 Å². The highest BCUT2D eigenvalue weighted by molar-refractivity contribution is 8.26. The Morgan fingerprint density at radius 1 is 1.21 bits per heavy atom. The van der Waals surface area contributed by atoms with Gasteiger partial charge >= 0.3 is 0 Å². The summed E-state index contributed by atoms with van der Waals surface area (Å²) in [5, 5.41) is 3.77. The molecule has 1 N–H and O–H groups in total. The van der Waals surface area contributed by atoms with Gasteiger partial charge in [-0.05, 0) is 29.8 Å². The number of rotatable bonds is 4. The number of halogens is 1. The fraction of sp³-hybridized carbons (Fsp3) is 0.0526. The second kappa shape index (κ2) is 8.00. The number of nitrogens with one attached hydrogen (secondary N) is 1. The minimum Gasteiger partial charge on any atom is -0.300 e. The molecular weight excluding hydrogens is 434 g/mol. The van der Waals surface area contributed by atoms with E-state index in [1.54, 1.807) is 12.1 Å². The Morgan fingerprint density at radius 3 is 2.75 bits per heavy atom. The Balaban J connectivity index is 1.47. The quantitative estimate of drug-likeness (QED) is 0.462. The van der Waals surface area contributed by atoms with Crippen molar-refractivity contribution in [3.8, 4) is 0 Å². The van der Waals surface area contributed by atoms with E-state index in [1.165, 1.54) is 16.2 Å². The average molecular weight is 446 g/mol. The number of carbonyl (C=O) groups is 2. The van der Waals surface area contributed by atoms with E-state index in [9.17, 15) is 9.59 Å². The number of hydrogen-bond acceptors (Lipinski definition) is 6. The lowest BCUT2D eigenvalue weighted by molar-refractivity contribution is -0.126. The number of benzene rings is 2. The van der Waals surface area contributed by atoms with Crippen LogP contribution >= 0.6 is 46.9 Å². The van der Waals surface area contributed by atoms with E-state index in [1.807, 2.05) is 42.5 Å². The number of hydrogen-bond donors (Lipinski definition) is 1. The molecule has 0 unspecified atom stereocenters. The summed E-state index contributed by atoms with van der Waals surface area (Å²) in [4.78, 5) is 31.2. The van der Waals surface area contributed by atoms with Gasteiger partial charge in [0.2, 0.25) is 5.91 Å². The summed E-state index contributed by atoms with van der Waals surface area (Å²) in [5.74, 6) is -0.663. The topological polar surface area (TPSA) is 62.3 Å². The van der Waals surface area contributed by atoms with E-state index in [2.05, 4.69) is 10.3 Å². The number of thiocarbonyl (C=S) groups is 1. The molecule has 1 fully saturated rings. The molecule has 1 aromatic heterocycles. The van der Waals surface area contributed by atoms with Crippen LogP contribution in [0.4, 0.5) is 5.13 Å². The standard InChI is InChI=1S/C19H12ClN3O2S3/c20-12-6-2-1-5-11(12)9-15-17(25)23(19(26)28-15)10-16(24)22-18-21-13-7-3-4-8-14(13)27-18/h1-9H,10H2,(H,21,22,24)/b15-9-. The van der Waals surface area contributed by atoms with Crippen LogP contribution in [0.25, 0.3) is 16.3 Å². The van der Waals surface area contributed by atoms with Crippen LogP contribution in [0.1, 0.15) is 5.56 Å². The molecule has 3 aromatic rings. The third kappa shape index (κ3) is 3.95. The molecule has 140 valence electrons. The van der Waals surface area contributed by atoms with Crippen LogP contribution < -0.4 is 5.32 Å². The minimum atomic E-state index is -0.352. The fourth-order valence-electron chi connectivity index (χ4n) is 2.60. The minimum absolute atomic E-state index is 0.166. The van der Waals surface area contributed by atoms with E-state index in [0.717, 1.165) is 27.5 Å². The van der Waals surface area contributed by atoms with Gasteiger partial charge in [0.1, 0.15) is 10.9 Å². The largest absolute Gasteiger partial charge is 0.300 e. The van der Waals surface area contributed by atoms with Gasteiger partial charge in [0.15, 0.2) is 5.13 Å². The predicted octanol–water partition coefficient (Wildman–Crippen LogP) is 4.79. The van der Waals surface area contributed by atoms with Gasteiger partial charge in [-0.1, -0.05) is 77.2 Å². The van der Waals surface area contributed by atoms with Crippen LogP contribution in [0.2, 0.25) is 5.02 Å². The first-order valence-electron chi connectivity index (χ1n) is 8.16. The van der Waals surface area contributed by atoms with E-state index < -0.39 is 0 Å². The van der Waals surface area contributed by atoms with Crippen molar-refractivity contribution in [2.45, 2.75) is 0 Å². The monoisotopic (exact) mass is 445 g/mol. The molecule has 4 rings (SSSR count). The van der Waals surface area contributed by atoms with Crippen molar-refractivity contribution < 1.29 is 9.59 Å². The number of amides is 2. The van der Waals surface area contributed by atoms with Crippen molar-refractivity contribution in [3.63, 3.8) is 0 Å². The molecular formula is C19H12ClN3O2S3. The Hall–Kier alpha value is -2.26. The molecule has 2 aromatic carbocycles. The summed E-state index contributed by atoms with van der Waals surface area (Å²) in [6, 6.07) is 14.8. The van der Waals surface area contributed by atoms with Crippen molar-refractivity contribution >= 4 is 84.5 Å². The second-order valence-corrected chi connectivity index (χ2v) is 8.94. The summed E-state index contributed by atoms with van der Waals surface area (Å²) >= 11 is 14.0. The first kappa shape index (κ1) is 19.1. The van der Waals surface area contributed by atoms with E-state index in [0.29, 0.717) is 19.4 Å². The highest BCUT2D eigenvalue weighted by atomic mass is 35.5. The van der Waals surface area contributed by atoms with Crippen molar-refractivity contribution in [2.24, 2.45) is 0 Å². The third-order valence-corrected chi connectivity index (χ3v) is 6.58. The molecule has 5 nitrogen and oxygen atoms in total. The lowest BCUT2D eigenvalue weighted by Crippen LogP contribution is -2.36. The zero-order valence-electron chi connectivity index (χ0n) is 14.2. The van der Waals surface area contributed by atoms with Gasteiger partial charge in [0, 0.05) is 5.02 Å². The van der Waals surface area contributed by atoms with Gasteiger partial charge < -0.3 is 5.32 Å². The van der Waals surface area contributed by atoms with Gasteiger partial charge in [-0.2, -0.15) is 0 Å². The van der Waals surface area contributed by atoms with Crippen LogP contribution in [-0.4, -0.2) is 32.6 Å². The Kier molecular flexibility index (Phi) is 5.45. The summed E-state index contributed by atoms with van der Waals surface area (Å²) in [6.45, 7) is -0.166. The summed E-state index contributed by atoms with van der Waals surface area (Å²) in [6.07, 6.45) is 1.69. The van der Waals surface area contributed by atoms with Crippen LogP contribution in [0.5, 0.6) is 0 Å². The van der Waals surface area contributed by atoms with E-state index >= 15 is 0 Å². The van der Waals surface area contributed by atoms with Crippen molar-refractivity contribution in [1.82, 2.24) is 9.88 Å². The second-order valence-electron chi connectivity index (χ2n) is 5.82. The smallest absolute Gasteiger partial charge is 0.266 e. The number of fused-ring (bicyclic) bond motifs is 1. The van der Waals surface area contributed by atoms with Crippen LogP contribution in [0.3, 0.4) is 0 Å².